The van der Waals surface area contributed by atoms with Crippen LogP contribution >= 0.6 is 0 Å². The Labute approximate surface area is 172 Å². The maximum Gasteiger partial charge on any atom is 0.275 e. The lowest BCUT2D eigenvalue weighted by Crippen LogP contribution is -2.87. The number of carbonyl (C=O) groups excluding carboxylic acids is 1. The minimum absolute atomic E-state index is 0.00683. The summed E-state index contributed by atoms with van der Waals surface area (Å²) in [7, 11) is 0. The number of ether oxygens (including phenoxy) is 2. The molecule has 0 fully saturated rings. The largest absolute Gasteiger partial charge is 0.494 e. The van der Waals surface area contributed by atoms with Gasteiger partial charge in [-0.05, 0) is 48.9 Å². The first-order chi connectivity index (χ1) is 14.2. The van der Waals surface area contributed by atoms with Crippen molar-refractivity contribution in [2.45, 2.75) is 19.9 Å². The lowest BCUT2D eigenvalue weighted by Gasteiger charge is -2.14. The first-order valence-corrected chi connectivity index (χ1v) is 10.1. The molecule has 0 saturated heterocycles. The fourth-order valence-corrected chi connectivity index (χ4v) is 3.29. The average molecular weight is 394 g/mol. The molecule has 3 aromatic carbocycles. The number of carbonyl (C=O) groups is 1. The molecule has 0 aliphatic carbocycles. The summed E-state index contributed by atoms with van der Waals surface area (Å²) in [6, 6.07) is 22.3. The molecule has 0 aromatic heterocycles. The Morgan fingerprint density at radius 3 is 2.41 bits per heavy atom. The molecule has 1 atom stereocenters. The summed E-state index contributed by atoms with van der Waals surface area (Å²) >= 11 is 0. The van der Waals surface area contributed by atoms with Crippen molar-refractivity contribution < 1.29 is 19.6 Å². The zero-order valence-corrected chi connectivity index (χ0v) is 17.1. The molecular formula is C24H29N2O3+. The maximum atomic E-state index is 12.2. The number of rotatable bonds is 10. The van der Waals surface area contributed by atoms with Gasteiger partial charge in [0.05, 0.1) is 13.2 Å². The van der Waals surface area contributed by atoms with Gasteiger partial charge in [0.25, 0.3) is 5.91 Å². The zero-order valence-electron chi connectivity index (χ0n) is 17.1. The van der Waals surface area contributed by atoms with Gasteiger partial charge in [0, 0.05) is 5.56 Å². The van der Waals surface area contributed by atoms with Gasteiger partial charge in [-0.15, -0.1) is 0 Å². The van der Waals surface area contributed by atoms with Crippen molar-refractivity contribution in [3.05, 3.63) is 72.3 Å². The van der Waals surface area contributed by atoms with Crippen molar-refractivity contribution in [2.24, 2.45) is 0 Å². The third-order valence-corrected chi connectivity index (χ3v) is 4.80. The third-order valence-electron chi connectivity index (χ3n) is 4.80. The highest BCUT2D eigenvalue weighted by molar-refractivity contribution is 5.85. The van der Waals surface area contributed by atoms with Crippen LogP contribution in [0.25, 0.3) is 10.8 Å². The zero-order chi connectivity index (χ0) is 20.5. The smallest absolute Gasteiger partial charge is 0.275 e. The number of amides is 1. The summed E-state index contributed by atoms with van der Waals surface area (Å²) in [6.07, 6.45) is 0. The molecule has 0 bridgehead atoms. The van der Waals surface area contributed by atoms with E-state index < -0.39 is 0 Å². The topological polar surface area (TPSA) is 64.2 Å². The van der Waals surface area contributed by atoms with Crippen LogP contribution in [0.5, 0.6) is 11.5 Å². The fraction of sp³-hybridized carbons (Fsp3) is 0.292. The van der Waals surface area contributed by atoms with Crippen LogP contribution in [0, 0.1) is 0 Å². The Kier molecular flexibility index (Phi) is 7.47. The highest BCUT2D eigenvalue weighted by Crippen LogP contribution is 2.22. The van der Waals surface area contributed by atoms with E-state index in [0.29, 0.717) is 26.3 Å². The summed E-state index contributed by atoms with van der Waals surface area (Å²) in [6.45, 7) is 6.01. The van der Waals surface area contributed by atoms with E-state index in [4.69, 9.17) is 9.47 Å². The standard InChI is InChI=1S/C24H28N2O3/c1-3-28-20-11-13-21(14-12-20)29-16-15-25-24(27)17-26-18(2)22-10-6-8-19-7-4-5-9-23(19)22/h4-14,18,26H,3,15-17H2,1-2H3,(H,25,27)/p+1/t18-/m0/s1. The molecule has 0 aliphatic rings. The van der Waals surface area contributed by atoms with Gasteiger partial charge in [-0.3, -0.25) is 4.79 Å². The van der Waals surface area contributed by atoms with Crippen LogP contribution in [0.4, 0.5) is 0 Å². The van der Waals surface area contributed by atoms with E-state index in [0.717, 1.165) is 11.5 Å². The van der Waals surface area contributed by atoms with E-state index in [-0.39, 0.29) is 11.9 Å². The lowest BCUT2D eigenvalue weighted by atomic mass is 10.00. The summed E-state index contributed by atoms with van der Waals surface area (Å²) in [4.78, 5) is 12.2. The molecular weight excluding hydrogens is 364 g/mol. The normalized spacial score (nSPS) is 11.8. The molecule has 0 spiro atoms. The van der Waals surface area contributed by atoms with Crippen molar-refractivity contribution in [1.29, 1.82) is 0 Å². The Balaban J connectivity index is 1.39. The number of fused-ring (bicyclic) bond motifs is 1. The van der Waals surface area contributed by atoms with Crippen LogP contribution in [-0.4, -0.2) is 32.2 Å². The molecule has 0 heterocycles. The fourth-order valence-electron chi connectivity index (χ4n) is 3.29. The molecule has 3 rings (SSSR count). The first-order valence-electron chi connectivity index (χ1n) is 10.1. The van der Waals surface area contributed by atoms with Gasteiger partial charge in [0.15, 0.2) is 6.54 Å². The van der Waals surface area contributed by atoms with E-state index >= 15 is 0 Å². The van der Waals surface area contributed by atoms with E-state index in [1.807, 2.05) is 37.3 Å². The predicted molar refractivity (Wildman–Crippen MR) is 115 cm³/mol. The first kappa shape index (κ1) is 20.7. The number of quaternary nitrogens is 1. The summed E-state index contributed by atoms with van der Waals surface area (Å²) in [5.74, 6) is 1.59. The minimum Gasteiger partial charge on any atom is -0.494 e. The third kappa shape index (κ3) is 5.96. The predicted octanol–water partition coefficient (Wildman–Crippen LogP) is 3.06. The quantitative estimate of drug-likeness (QED) is 0.521. The average Bonchev–Trinajstić information content (AvgIpc) is 2.76. The van der Waals surface area contributed by atoms with Crippen LogP contribution in [0.3, 0.4) is 0 Å². The van der Waals surface area contributed by atoms with Crippen molar-refractivity contribution in [1.82, 2.24) is 5.32 Å². The summed E-state index contributed by atoms with van der Waals surface area (Å²) in [5, 5.41) is 7.43. The number of nitrogens with one attached hydrogen (secondary N) is 1. The highest BCUT2D eigenvalue weighted by atomic mass is 16.5. The lowest BCUT2D eigenvalue weighted by molar-refractivity contribution is -0.682. The Hall–Kier alpha value is -3.05. The molecule has 5 nitrogen and oxygen atoms in total. The summed E-state index contributed by atoms with van der Waals surface area (Å²) < 4.78 is 11.1. The molecule has 0 radical (unpaired) electrons. The van der Waals surface area contributed by atoms with Gasteiger partial charge >= 0.3 is 0 Å². The van der Waals surface area contributed by atoms with E-state index in [1.54, 1.807) is 0 Å². The highest BCUT2D eigenvalue weighted by Gasteiger charge is 2.13. The number of nitrogens with two attached hydrogens (primary N) is 1. The second kappa shape index (κ2) is 10.5. The molecule has 0 saturated carbocycles. The molecule has 0 aliphatic heterocycles. The van der Waals surface area contributed by atoms with Gasteiger partial charge in [0.2, 0.25) is 0 Å². The molecule has 3 N–H and O–H groups in total. The second-order valence-corrected chi connectivity index (χ2v) is 6.90. The second-order valence-electron chi connectivity index (χ2n) is 6.90. The Morgan fingerprint density at radius 1 is 0.966 bits per heavy atom. The van der Waals surface area contributed by atoms with Gasteiger partial charge < -0.3 is 20.1 Å². The van der Waals surface area contributed by atoms with Crippen molar-refractivity contribution in [2.75, 3.05) is 26.3 Å². The number of benzene rings is 3. The number of hydrogen-bond donors (Lipinski definition) is 2. The van der Waals surface area contributed by atoms with E-state index in [2.05, 4.69) is 54.0 Å². The van der Waals surface area contributed by atoms with Gasteiger partial charge in [-0.25, -0.2) is 0 Å². The van der Waals surface area contributed by atoms with Crippen LogP contribution in [0.15, 0.2) is 66.7 Å². The molecule has 0 unspecified atom stereocenters. The van der Waals surface area contributed by atoms with E-state index in [9.17, 15) is 4.79 Å². The Bertz CT molecular complexity index is 920. The molecule has 29 heavy (non-hydrogen) atoms. The van der Waals surface area contributed by atoms with Crippen LogP contribution in [0.1, 0.15) is 25.5 Å². The number of hydrogen-bond acceptors (Lipinski definition) is 3. The van der Waals surface area contributed by atoms with Gasteiger partial charge in [0.1, 0.15) is 24.1 Å². The van der Waals surface area contributed by atoms with Gasteiger partial charge in [-0.2, -0.15) is 0 Å². The van der Waals surface area contributed by atoms with Crippen molar-refractivity contribution in [3.8, 4) is 11.5 Å². The van der Waals surface area contributed by atoms with Crippen molar-refractivity contribution in [3.63, 3.8) is 0 Å². The molecule has 5 heteroatoms. The molecule has 1 amide bonds. The van der Waals surface area contributed by atoms with Crippen LogP contribution in [0.2, 0.25) is 0 Å². The monoisotopic (exact) mass is 393 g/mol. The minimum atomic E-state index is 0.00683. The SMILES string of the molecule is CCOc1ccc(OCCNC(=O)C[NH2+][C@@H](C)c2cccc3ccccc23)cc1. The van der Waals surface area contributed by atoms with Crippen molar-refractivity contribution >= 4 is 16.7 Å². The Morgan fingerprint density at radius 2 is 1.66 bits per heavy atom. The molecule has 3 aromatic rings. The van der Waals surface area contributed by atoms with Gasteiger partial charge in [-0.1, -0.05) is 42.5 Å². The van der Waals surface area contributed by atoms with E-state index in [1.165, 1.54) is 16.3 Å². The molecule has 152 valence electrons. The van der Waals surface area contributed by atoms with Crippen LogP contribution in [-0.2, 0) is 4.79 Å². The maximum absolute atomic E-state index is 12.2. The van der Waals surface area contributed by atoms with Crippen LogP contribution < -0.4 is 20.1 Å². The summed E-state index contributed by atoms with van der Waals surface area (Å²) in [5.41, 5.74) is 1.25.